The largest absolute Gasteiger partial charge is 0.455 e. The first-order chi connectivity index (χ1) is 15.5. The molecule has 6 nitrogen and oxygen atoms in total. The quantitative estimate of drug-likeness (QED) is 0.402. The third-order valence-electron chi connectivity index (χ3n) is 5.13. The molecule has 2 heterocycles. The van der Waals surface area contributed by atoms with Gasteiger partial charge in [-0.15, -0.1) is 11.3 Å². The van der Waals surface area contributed by atoms with E-state index in [1.807, 2.05) is 47.8 Å². The molecule has 4 rings (SSSR count). The molecule has 0 spiro atoms. The predicted octanol–water partition coefficient (Wildman–Crippen LogP) is 4.65. The van der Waals surface area contributed by atoms with Gasteiger partial charge in [0.2, 0.25) is 0 Å². The number of hydrogen-bond donors (Lipinski definition) is 0. The molecule has 162 valence electrons. The zero-order chi connectivity index (χ0) is 22.7. The Morgan fingerprint density at radius 1 is 1.03 bits per heavy atom. The summed E-state index contributed by atoms with van der Waals surface area (Å²) in [6.07, 6.45) is 0. The van der Waals surface area contributed by atoms with Gasteiger partial charge in [-0.1, -0.05) is 42.5 Å². The highest BCUT2D eigenvalue weighted by Crippen LogP contribution is 2.27. The van der Waals surface area contributed by atoms with Crippen molar-refractivity contribution in [2.24, 2.45) is 0 Å². The number of hydrogen-bond acceptors (Lipinski definition) is 6. The number of fused-ring (bicyclic) bond motifs is 1. The Hall–Kier alpha value is -3.71. The normalized spacial score (nSPS) is 10.8. The number of benzene rings is 2. The Morgan fingerprint density at radius 2 is 1.81 bits per heavy atom. The van der Waals surface area contributed by atoms with Crippen LogP contribution in [0.1, 0.15) is 20.8 Å². The molecule has 0 radical (unpaired) electrons. The van der Waals surface area contributed by atoms with E-state index in [2.05, 4.69) is 0 Å². The zero-order valence-corrected chi connectivity index (χ0v) is 18.5. The summed E-state index contributed by atoms with van der Waals surface area (Å²) < 4.78 is 11.3. The van der Waals surface area contributed by atoms with Gasteiger partial charge in [0.05, 0.1) is 11.9 Å². The van der Waals surface area contributed by atoms with E-state index in [4.69, 9.17) is 9.15 Å². The Morgan fingerprint density at radius 3 is 2.53 bits per heavy atom. The van der Waals surface area contributed by atoms with Crippen molar-refractivity contribution in [3.05, 3.63) is 92.3 Å². The molecule has 7 heteroatoms. The molecule has 0 atom stereocenters. The molecule has 2 aromatic carbocycles. The minimum absolute atomic E-state index is 0.102. The smallest absolute Gasteiger partial charge is 0.342 e. The van der Waals surface area contributed by atoms with E-state index in [-0.39, 0.29) is 27.9 Å². The molecule has 0 saturated carbocycles. The number of carbonyl (C=O) groups is 2. The molecule has 4 aromatic rings. The summed E-state index contributed by atoms with van der Waals surface area (Å²) in [6.45, 7) is 1.73. The van der Waals surface area contributed by atoms with Crippen molar-refractivity contribution in [2.75, 3.05) is 13.7 Å². The molecule has 0 unspecified atom stereocenters. The van der Waals surface area contributed by atoms with Crippen LogP contribution < -0.4 is 5.43 Å². The van der Waals surface area contributed by atoms with Crippen molar-refractivity contribution in [1.29, 1.82) is 0 Å². The van der Waals surface area contributed by atoms with Crippen LogP contribution in [0.4, 0.5) is 0 Å². The Labute approximate surface area is 188 Å². The molecule has 1 amide bonds. The highest BCUT2D eigenvalue weighted by atomic mass is 32.1. The number of esters is 1. The number of likely N-dealkylation sites (N-methyl/N-ethyl adjacent to an activating group) is 1. The summed E-state index contributed by atoms with van der Waals surface area (Å²) in [7, 11) is 1.65. The molecular formula is C25H21NO5S. The first-order valence-corrected chi connectivity index (χ1v) is 10.9. The molecule has 0 saturated heterocycles. The van der Waals surface area contributed by atoms with Crippen LogP contribution >= 0.6 is 11.3 Å². The molecule has 0 N–H and O–H groups in total. The molecule has 32 heavy (non-hydrogen) atoms. The van der Waals surface area contributed by atoms with Crippen molar-refractivity contribution in [1.82, 2.24) is 4.90 Å². The number of para-hydroxylation sites is 1. The maximum atomic E-state index is 12.9. The lowest BCUT2D eigenvalue weighted by atomic mass is 10.0. The SMILES string of the molecule is Cc1c(-c2ccccc2)oc2c(C(=O)OCC(=O)N(C)Cc3cccs3)cccc2c1=O. The molecule has 0 aliphatic heterocycles. The minimum atomic E-state index is -0.723. The van der Waals surface area contributed by atoms with Gasteiger partial charge in [-0.2, -0.15) is 0 Å². The van der Waals surface area contributed by atoms with Gasteiger partial charge in [0.25, 0.3) is 5.91 Å². The lowest BCUT2D eigenvalue weighted by Crippen LogP contribution is -2.30. The second-order valence-corrected chi connectivity index (χ2v) is 8.37. The van der Waals surface area contributed by atoms with E-state index in [0.717, 1.165) is 10.4 Å². The van der Waals surface area contributed by atoms with E-state index >= 15 is 0 Å². The molecule has 0 aliphatic rings. The van der Waals surface area contributed by atoms with E-state index < -0.39 is 12.6 Å². The monoisotopic (exact) mass is 447 g/mol. The van der Waals surface area contributed by atoms with Crippen molar-refractivity contribution in [3.8, 4) is 11.3 Å². The third-order valence-corrected chi connectivity index (χ3v) is 5.99. The maximum absolute atomic E-state index is 12.9. The first-order valence-electron chi connectivity index (χ1n) is 10.0. The van der Waals surface area contributed by atoms with Crippen LogP contribution in [0.25, 0.3) is 22.3 Å². The van der Waals surface area contributed by atoms with E-state index in [9.17, 15) is 14.4 Å². The fraction of sp³-hybridized carbons (Fsp3) is 0.160. The van der Waals surface area contributed by atoms with Crippen LogP contribution in [-0.2, 0) is 16.1 Å². The fourth-order valence-corrected chi connectivity index (χ4v) is 4.13. The topological polar surface area (TPSA) is 76.8 Å². The number of thiophene rings is 1. The standard InChI is InChI=1S/C25H21NO5S/c1-16-22(28)19-11-6-12-20(24(19)31-23(16)17-8-4-3-5-9-17)25(29)30-15-21(27)26(2)14-18-10-7-13-32-18/h3-13H,14-15H2,1-2H3. The van der Waals surface area contributed by atoms with Gasteiger partial charge in [-0.25, -0.2) is 4.79 Å². The summed E-state index contributed by atoms with van der Waals surface area (Å²) in [4.78, 5) is 40.6. The van der Waals surface area contributed by atoms with Gasteiger partial charge in [0.1, 0.15) is 11.3 Å². The van der Waals surface area contributed by atoms with Gasteiger partial charge in [0.15, 0.2) is 17.6 Å². The highest BCUT2D eigenvalue weighted by molar-refractivity contribution is 7.09. The van der Waals surface area contributed by atoms with Crippen molar-refractivity contribution >= 4 is 34.2 Å². The van der Waals surface area contributed by atoms with Gasteiger partial charge in [-0.3, -0.25) is 9.59 Å². The number of nitrogens with zero attached hydrogens (tertiary/aromatic N) is 1. The number of ether oxygens (including phenoxy) is 1. The number of amides is 1. The summed E-state index contributed by atoms with van der Waals surface area (Å²) in [6, 6.07) is 17.8. The molecule has 0 bridgehead atoms. The van der Waals surface area contributed by atoms with E-state index in [1.54, 1.807) is 37.4 Å². The Balaban J connectivity index is 1.59. The van der Waals surface area contributed by atoms with E-state index in [1.165, 1.54) is 11.0 Å². The van der Waals surface area contributed by atoms with Crippen LogP contribution in [-0.4, -0.2) is 30.4 Å². The zero-order valence-electron chi connectivity index (χ0n) is 17.7. The third kappa shape index (κ3) is 4.33. The number of carbonyl (C=O) groups excluding carboxylic acids is 2. The van der Waals surface area contributed by atoms with Crippen LogP contribution in [0.5, 0.6) is 0 Å². The first kappa shape index (κ1) is 21.5. The van der Waals surface area contributed by atoms with Crippen LogP contribution in [0.2, 0.25) is 0 Å². The molecule has 2 aromatic heterocycles. The fourth-order valence-electron chi connectivity index (χ4n) is 3.37. The second kappa shape index (κ2) is 9.20. The minimum Gasteiger partial charge on any atom is -0.455 e. The van der Waals surface area contributed by atoms with Crippen molar-refractivity contribution < 1.29 is 18.7 Å². The summed E-state index contributed by atoms with van der Waals surface area (Å²) in [5.41, 5.74) is 1.22. The van der Waals surface area contributed by atoms with Crippen LogP contribution in [0.15, 0.2) is 75.3 Å². The lowest BCUT2D eigenvalue weighted by Gasteiger charge is -2.16. The van der Waals surface area contributed by atoms with Crippen molar-refractivity contribution in [2.45, 2.75) is 13.5 Å². The van der Waals surface area contributed by atoms with Crippen LogP contribution in [0, 0.1) is 6.92 Å². The maximum Gasteiger partial charge on any atom is 0.342 e. The predicted molar refractivity (Wildman–Crippen MR) is 124 cm³/mol. The van der Waals surface area contributed by atoms with Crippen molar-refractivity contribution in [3.63, 3.8) is 0 Å². The average molecular weight is 448 g/mol. The summed E-state index contributed by atoms with van der Waals surface area (Å²) in [5, 5.41) is 2.23. The molecular weight excluding hydrogens is 426 g/mol. The summed E-state index contributed by atoms with van der Waals surface area (Å²) in [5.74, 6) is -0.649. The lowest BCUT2D eigenvalue weighted by molar-refractivity contribution is -0.133. The van der Waals surface area contributed by atoms with Gasteiger partial charge in [-0.05, 0) is 30.5 Å². The Kier molecular flexibility index (Phi) is 6.18. The van der Waals surface area contributed by atoms with E-state index in [0.29, 0.717) is 17.9 Å². The van der Waals surface area contributed by atoms with Gasteiger partial charge < -0.3 is 14.1 Å². The Bertz CT molecular complexity index is 1330. The van der Waals surface area contributed by atoms with Crippen LogP contribution in [0.3, 0.4) is 0 Å². The molecule has 0 fully saturated rings. The van der Waals surface area contributed by atoms with Gasteiger partial charge in [0, 0.05) is 23.1 Å². The average Bonchev–Trinajstić information content (AvgIpc) is 3.32. The molecule has 0 aliphatic carbocycles. The highest BCUT2D eigenvalue weighted by Gasteiger charge is 2.20. The summed E-state index contributed by atoms with van der Waals surface area (Å²) >= 11 is 1.55. The van der Waals surface area contributed by atoms with Gasteiger partial charge >= 0.3 is 5.97 Å². The second-order valence-electron chi connectivity index (χ2n) is 7.34. The number of rotatable bonds is 6.